The first-order valence-electron chi connectivity index (χ1n) is 10.1. The summed E-state index contributed by atoms with van der Waals surface area (Å²) >= 11 is 0. The molecule has 0 amide bonds. The number of benzene rings is 3. The Balaban J connectivity index is 1.23. The summed E-state index contributed by atoms with van der Waals surface area (Å²) in [5.41, 5.74) is 6.27. The van der Waals surface area contributed by atoms with Crippen LogP contribution in [0.2, 0.25) is 0 Å². The van der Waals surface area contributed by atoms with Crippen molar-refractivity contribution in [3.8, 4) is 11.5 Å². The fraction of sp³-hybridized carbons (Fsp3) is 0.200. The van der Waals surface area contributed by atoms with E-state index < -0.39 is 0 Å². The summed E-state index contributed by atoms with van der Waals surface area (Å²) in [6.45, 7) is 3.05. The van der Waals surface area contributed by atoms with Gasteiger partial charge in [0.25, 0.3) is 0 Å². The zero-order valence-corrected chi connectivity index (χ0v) is 16.3. The molecule has 0 radical (unpaired) electrons. The molecule has 4 nitrogen and oxygen atoms in total. The lowest BCUT2D eigenvalue weighted by molar-refractivity contribution is 0.174. The van der Waals surface area contributed by atoms with E-state index in [1.54, 1.807) is 0 Å². The number of para-hydroxylation sites is 2. The van der Waals surface area contributed by atoms with E-state index in [1.165, 1.54) is 28.1 Å². The summed E-state index contributed by atoms with van der Waals surface area (Å²) in [4.78, 5) is 2.44. The smallest absolute Gasteiger partial charge is 0.231 e. The number of ether oxygens (including phenoxy) is 2. The maximum atomic E-state index is 5.46. The first-order valence-corrected chi connectivity index (χ1v) is 10.1. The van der Waals surface area contributed by atoms with Gasteiger partial charge in [-0.2, -0.15) is 0 Å². The average molecular weight is 384 g/mol. The molecule has 0 saturated carbocycles. The summed E-state index contributed by atoms with van der Waals surface area (Å²) in [6.07, 6.45) is 5.48. The highest BCUT2D eigenvalue weighted by atomic mass is 16.7. The van der Waals surface area contributed by atoms with Crippen LogP contribution in [-0.2, 0) is 6.54 Å². The van der Waals surface area contributed by atoms with Crippen molar-refractivity contribution >= 4 is 23.5 Å². The lowest BCUT2D eigenvalue weighted by atomic mass is 10.1. The standard InChI is InChI=1S/C25H24N2O2/c1-3-8-22-20(6-1)11-12-21-7-2-4-9-23(21)27(22)15-5-14-26-17-19-10-13-24-25(16-19)29-18-28-24/h1-4,6-13,16,26H,5,14-15,17-18H2. The van der Waals surface area contributed by atoms with Crippen molar-refractivity contribution < 1.29 is 9.47 Å². The largest absolute Gasteiger partial charge is 0.454 e. The summed E-state index contributed by atoms with van der Waals surface area (Å²) < 4.78 is 10.8. The van der Waals surface area contributed by atoms with Gasteiger partial charge in [0.15, 0.2) is 11.5 Å². The van der Waals surface area contributed by atoms with Gasteiger partial charge >= 0.3 is 0 Å². The van der Waals surface area contributed by atoms with E-state index in [0.717, 1.165) is 37.6 Å². The van der Waals surface area contributed by atoms with Crippen LogP contribution in [0.1, 0.15) is 23.1 Å². The minimum Gasteiger partial charge on any atom is -0.454 e. The minimum atomic E-state index is 0.319. The zero-order chi connectivity index (χ0) is 19.5. The molecule has 1 N–H and O–H groups in total. The maximum absolute atomic E-state index is 5.46. The Morgan fingerprint density at radius 3 is 2.24 bits per heavy atom. The van der Waals surface area contributed by atoms with Gasteiger partial charge in [0.1, 0.15) is 0 Å². The number of hydrogen-bond donors (Lipinski definition) is 1. The van der Waals surface area contributed by atoms with Crippen LogP contribution in [0.4, 0.5) is 11.4 Å². The van der Waals surface area contributed by atoms with Crippen molar-refractivity contribution in [1.29, 1.82) is 0 Å². The molecule has 3 aromatic carbocycles. The van der Waals surface area contributed by atoms with Crippen LogP contribution in [0.15, 0.2) is 66.7 Å². The van der Waals surface area contributed by atoms with E-state index in [2.05, 4.69) is 83.0 Å². The molecule has 2 aliphatic heterocycles. The van der Waals surface area contributed by atoms with Crippen molar-refractivity contribution in [2.75, 3.05) is 24.8 Å². The van der Waals surface area contributed by atoms with Gasteiger partial charge in [-0.1, -0.05) is 54.6 Å². The van der Waals surface area contributed by atoms with Gasteiger partial charge in [-0.25, -0.2) is 0 Å². The van der Waals surface area contributed by atoms with Gasteiger partial charge in [0, 0.05) is 24.5 Å². The van der Waals surface area contributed by atoms with Gasteiger partial charge in [0.05, 0.1) is 0 Å². The van der Waals surface area contributed by atoms with E-state index in [4.69, 9.17) is 9.47 Å². The molecule has 5 rings (SSSR count). The predicted octanol–water partition coefficient (Wildman–Crippen LogP) is 5.22. The van der Waals surface area contributed by atoms with Crippen molar-refractivity contribution in [3.05, 3.63) is 83.4 Å². The van der Waals surface area contributed by atoms with Crippen LogP contribution >= 0.6 is 0 Å². The van der Waals surface area contributed by atoms with Crippen LogP contribution in [0, 0.1) is 0 Å². The zero-order valence-electron chi connectivity index (χ0n) is 16.3. The van der Waals surface area contributed by atoms with Crippen molar-refractivity contribution in [3.63, 3.8) is 0 Å². The number of fused-ring (bicyclic) bond motifs is 3. The fourth-order valence-corrected chi connectivity index (χ4v) is 3.94. The van der Waals surface area contributed by atoms with Crippen LogP contribution in [-0.4, -0.2) is 19.9 Å². The average Bonchev–Trinajstić information content (AvgIpc) is 3.17. The first kappa shape index (κ1) is 17.8. The van der Waals surface area contributed by atoms with Crippen molar-refractivity contribution in [2.24, 2.45) is 0 Å². The summed E-state index contributed by atoms with van der Waals surface area (Å²) in [7, 11) is 0. The molecular weight excluding hydrogens is 360 g/mol. The van der Waals surface area contributed by atoms with Crippen molar-refractivity contribution in [2.45, 2.75) is 13.0 Å². The molecule has 0 unspecified atom stereocenters. The number of nitrogens with one attached hydrogen (secondary N) is 1. The second-order valence-electron chi connectivity index (χ2n) is 7.32. The molecule has 0 spiro atoms. The number of anilines is 2. The van der Waals surface area contributed by atoms with E-state index in [1.807, 2.05) is 6.07 Å². The van der Waals surface area contributed by atoms with Gasteiger partial charge in [0.2, 0.25) is 6.79 Å². The maximum Gasteiger partial charge on any atom is 0.231 e. The molecule has 29 heavy (non-hydrogen) atoms. The molecule has 0 atom stereocenters. The Hall–Kier alpha value is -3.24. The quantitative estimate of drug-likeness (QED) is 0.591. The van der Waals surface area contributed by atoms with E-state index in [0.29, 0.717) is 6.79 Å². The van der Waals surface area contributed by atoms with Crippen LogP contribution in [0.5, 0.6) is 11.5 Å². The third-order valence-corrected chi connectivity index (χ3v) is 5.40. The molecule has 4 heteroatoms. The molecule has 0 bridgehead atoms. The minimum absolute atomic E-state index is 0.319. The Morgan fingerprint density at radius 2 is 1.48 bits per heavy atom. The Labute approximate surface area is 171 Å². The third kappa shape index (κ3) is 3.71. The monoisotopic (exact) mass is 384 g/mol. The molecule has 2 aliphatic rings. The molecule has 0 aromatic heterocycles. The fourth-order valence-electron chi connectivity index (χ4n) is 3.94. The van der Waals surface area contributed by atoms with Gasteiger partial charge in [-0.3, -0.25) is 0 Å². The second-order valence-corrected chi connectivity index (χ2v) is 7.32. The van der Waals surface area contributed by atoms with E-state index in [-0.39, 0.29) is 0 Å². The van der Waals surface area contributed by atoms with Crippen LogP contribution in [0.25, 0.3) is 12.2 Å². The predicted molar refractivity (Wildman–Crippen MR) is 118 cm³/mol. The first-order chi connectivity index (χ1) is 14.4. The molecule has 146 valence electrons. The lowest BCUT2D eigenvalue weighted by Crippen LogP contribution is -2.24. The molecule has 3 aromatic rings. The number of rotatable bonds is 6. The molecule has 2 heterocycles. The Kier molecular flexibility index (Phi) is 4.93. The van der Waals surface area contributed by atoms with Gasteiger partial charge < -0.3 is 19.7 Å². The third-order valence-electron chi connectivity index (χ3n) is 5.40. The van der Waals surface area contributed by atoms with Gasteiger partial charge in [-0.05, 0) is 53.9 Å². The highest BCUT2D eigenvalue weighted by Crippen LogP contribution is 2.36. The highest BCUT2D eigenvalue weighted by Gasteiger charge is 2.17. The second kappa shape index (κ2) is 8.02. The van der Waals surface area contributed by atoms with Crippen molar-refractivity contribution in [1.82, 2.24) is 5.32 Å². The van der Waals surface area contributed by atoms with E-state index >= 15 is 0 Å². The molecule has 0 aliphatic carbocycles. The summed E-state index contributed by atoms with van der Waals surface area (Å²) in [6, 6.07) is 23.4. The molecule has 0 fully saturated rings. The van der Waals surface area contributed by atoms with E-state index in [9.17, 15) is 0 Å². The normalized spacial score (nSPS) is 13.7. The van der Waals surface area contributed by atoms with Crippen LogP contribution in [0.3, 0.4) is 0 Å². The number of nitrogens with zero attached hydrogens (tertiary/aromatic N) is 1. The van der Waals surface area contributed by atoms with Gasteiger partial charge in [-0.15, -0.1) is 0 Å². The number of hydrogen-bond acceptors (Lipinski definition) is 4. The molecular formula is C25H24N2O2. The Morgan fingerprint density at radius 1 is 0.793 bits per heavy atom. The molecule has 0 saturated heterocycles. The SMILES string of the molecule is C1=Cc2ccccc2N(CCCNCc2ccc3c(c2)OCO3)c2ccccc21. The van der Waals surface area contributed by atoms with Crippen LogP contribution < -0.4 is 19.7 Å². The summed E-state index contributed by atoms with van der Waals surface area (Å²) in [5.74, 6) is 1.68. The summed E-state index contributed by atoms with van der Waals surface area (Å²) in [5, 5.41) is 3.56. The lowest BCUT2D eigenvalue weighted by Gasteiger charge is -2.27. The highest BCUT2D eigenvalue weighted by molar-refractivity contribution is 5.88. The topological polar surface area (TPSA) is 33.7 Å². The Bertz CT molecular complexity index is 995.